The molecule has 0 saturated carbocycles. The van der Waals surface area contributed by atoms with Crippen LogP contribution in [0.5, 0.6) is 0 Å². The van der Waals surface area contributed by atoms with Crippen molar-refractivity contribution in [1.29, 1.82) is 0 Å². The quantitative estimate of drug-likeness (QED) is 0.805. The molecule has 2 heterocycles. The summed E-state index contributed by atoms with van der Waals surface area (Å²) in [5, 5.41) is 9.46. The zero-order chi connectivity index (χ0) is 13.7. The van der Waals surface area contributed by atoms with Gasteiger partial charge in [-0.05, 0) is 58.0 Å². The number of aliphatic carboxylic acids is 1. The molecule has 4 heteroatoms. The van der Waals surface area contributed by atoms with Gasteiger partial charge < -0.3 is 14.7 Å². The van der Waals surface area contributed by atoms with Crippen LogP contribution >= 0.6 is 0 Å². The van der Waals surface area contributed by atoms with E-state index < -0.39 is 11.4 Å². The van der Waals surface area contributed by atoms with Gasteiger partial charge in [0.05, 0.1) is 11.5 Å². The molecular formula is C15H27NO3. The average molecular weight is 269 g/mol. The number of likely N-dealkylation sites (tertiary alicyclic amines) is 1. The van der Waals surface area contributed by atoms with Gasteiger partial charge in [0.2, 0.25) is 0 Å². The molecule has 2 atom stereocenters. The van der Waals surface area contributed by atoms with E-state index in [9.17, 15) is 9.90 Å². The molecule has 0 aromatic carbocycles. The van der Waals surface area contributed by atoms with Crippen LogP contribution in [0.25, 0.3) is 0 Å². The van der Waals surface area contributed by atoms with E-state index in [1.54, 1.807) is 0 Å². The number of carbonyl (C=O) groups is 1. The monoisotopic (exact) mass is 269 g/mol. The Hall–Kier alpha value is -0.610. The Morgan fingerprint density at radius 1 is 1.47 bits per heavy atom. The zero-order valence-electron chi connectivity index (χ0n) is 12.1. The van der Waals surface area contributed by atoms with Gasteiger partial charge in [0.15, 0.2) is 0 Å². The van der Waals surface area contributed by atoms with Gasteiger partial charge in [0, 0.05) is 13.2 Å². The van der Waals surface area contributed by atoms with Gasteiger partial charge in [-0.25, -0.2) is 0 Å². The second kappa shape index (κ2) is 6.71. The molecule has 2 saturated heterocycles. The van der Waals surface area contributed by atoms with E-state index >= 15 is 0 Å². The van der Waals surface area contributed by atoms with Crippen LogP contribution in [-0.2, 0) is 9.53 Å². The third-order valence-electron chi connectivity index (χ3n) is 4.81. The summed E-state index contributed by atoms with van der Waals surface area (Å²) in [4.78, 5) is 13.8. The van der Waals surface area contributed by atoms with Crippen molar-refractivity contribution in [2.24, 2.45) is 5.41 Å². The lowest BCUT2D eigenvalue weighted by Crippen LogP contribution is -2.47. The summed E-state index contributed by atoms with van der Waals surface area (Å²) in [6, 6.07) is 0. The lowest BCUT2D eigenvalue weighted by atomic mass is 9.77. The second-order valence-electron chi connectivity index (χ2n) is 6.10. The third-order valence-corrected chi connectivity index (χ3v) is 4.81. The first kappa shape index (κ1) is 14.8. The van der Waals surface area contributed by atoms with E-state index in [4.69, 9.17) is 4.74 Å². The fourth-order valence-electron chi connectivity index (χ4n) is 3.45. The van der Waals surface area contributed by atoms with Crippen molar-refractivity contribution in [1.82, 2.24) is 4.90 Å². The summed E-state index contributed by atoms with van der Waals surface area (Å²) in [5.41, 5.74) is -0.498. The Morgan fingerprint density at radius 2 is 2.32 bits per heavy atom. The minimum atomic E-state index is -0.612. The van der Waals surface area contributed by atoms with E-state index in [-0.39, 0.29) is 0 Å². The first-order valence-electron chi connectivity index (χ1n) is 7.74. The van der Waals surface area contributed by atoms with E-state index in [1.165, 1.54) is 12.8 Å². The lowest BCUT2D eigenvalue weighted by Gasteiger charge is -2.39. The van der Waals surface area contributed by atoms with Crippen molar-refractivity contribution < 1.29 is 14.6 Å². The summed E-state index contributed by atoms with van der Waals surface area (Å²) >= 11 is 0. The topological polar surface area (TPSA) is 49.8 Å². The SMILES string of the molecule is CCC1(C(=O)O)CCCN(CCCC2CCCO2)C1. The third kappa shape index (κ3) is 3.69. The molecule has 0 aromatic rings. The van der Waals surface area contributed by atoms with E-state index in [0.29, 0.717) is 6.10 Å². The van der Waals surface area contributed by atoms with Crippen molar-refractivity contribution in [3.63, 3.8) is 0 Å². The molecule has 2 aliphatic heterocycles. The molecule has 0 radical (unpaired) electrons. The van der Waals surface area contributed by atoms with Crippen molar-refractivity contribution in [2.45, 2.75) is 58.0 Å². The van der Waals surface area contributed by atoms with Crippen molar-refractivity contribution in [3.05, 3.63) is 0 Å². The fourth-order valence-corrected chi connectivity index (χ4v) is 3.45. The smallest absolute Gasteiger partial charge is 0.310 e. The second-order valence-corrected chi connectivity index (χ2v) is 6.10. The molecule has 0 aromatic heterocycles. The molecule has 0 spiro atoms. The Balaban J connectivity index is 1.75. The molecule has 0 bridgehead atoms. The number of carboxylic acid groups (broad SMARTS) is 1. The van der Waals surface area contributed by atoms with E-state index in [0.717, 1.165) is 58.3 Å². The van der Waals surface area contributed by atoms with Gasteiger partial charge in [-0.15, -0.1) is 0 Å². The summed E-state index contributed by atoms with van der Waals surface area (Å²) in [5.74, 6) is -0.612. The highest BCUT2D eigenvalue weighted by Crippen LogP contribution is 2.33. The van der Waals surface area contributed by atoms with Crippen molar-refractivity contribution >= 4 is 5.97 Å². The Morgan fingerprint density at radius 3 is 2.95 bits per heavy atom. The zero-order valence-corrected chi connectivity index (χ0v) is 12.1. The number of piperidine rings is 1. The summed E-state index contributed by atoms with van der Waals surface area (Å²) < 4.78 is 5.63. The van der Waals surface area contributed by atoms with E-state index in [2.05, 4.69) is 4.90 Å². The van der Waals surface area contributed by atoms with Crippen molar-refractivity contribution in [3.8, 4) is 0 Å². The van der Waals surface area contributed by atoms with Crippen LogP contribution in [0, 0.1) is 5.41 Å². The highest BCUT2D eigenvalue weighted by molar-refractivity contribution is 5.75. The number of carboxylic acids is 1. The number of hydrogen-bond acceptors (Lipinski definition) is 3. The van der Waals surface area contributed by atoms with E-state index in [1.807, 2.05) is 6.92 Å². The molecule has 19 heavy (non-hydrogen) atoms. The summed E-state index contributed by atoms with van der Waals surface area (Å²) in [7, 11) is 0. The number of ether oxygens (including phenoxy) is 1. The first-order valence-corrected chi connectivity index (χ1v) is 7.74. The van der Waals surface area contributed by atoms with Crippen LogP contribution < -0.4 is 0 Å². The molecule has 2 fully saturated rings. The van der Waals surface area contributed by atoms with Crippen LogP contribution in [0.2, 0.25) is 0 Å². The van der Waals surface area contributed by atoms with Crippen LogP contribution in [0.4, 0.5) is 0 Å². The highest BCUT2D eigenvalue weighted by atomic mass is 16.5. The average Bonchev–Trinajstić information content (AvgIpc) is 2.92. The molecule has 2 rings (SSSR count). The first-order chi connectivity index (χ1) is 9.16. The Kier molecular flexibility index (Phi) is 5.22. The molecule has 2 aliphatic rings. The summed E-state index contributed by atoms with van der Waals surface area (Å²) in [6.07, 6.45) is 7.71. The maximum Gasteiger partial charge on any atom is 0.310 e. The predicted molar refractivity (Wildman–Crippen MR) is 74.2 cm³/mol. The standard InChI is InChI=1S/C15H27NO3/c1-2-15(14(17)18)8-5-10-16(12-15)9-3-6-13-7-4-11-19-13/h13H,2-12H2,1H3,(H,17,18). The molecule has 2 unspecified atom stereocenters. The number of hydrogen-bond donors (Lipinski definition) is 1. The maximum atomic E-state index is 11.5. The van der Waals surface area contributed by atoms with Gasteiger partial charge in [0.1, 0.15) is 0 Å². The number of nitrogens with zero attached hydrogens (tertiary/aromatic N) is 1. The minimum absolute atomic E-state index is 0.459. The van der Waals surface area contributed by atoms with Crippen LogP contribution in [-0.4, -0.2) is 48.3 Å². The largest absolute Gasteiger partial charge is 0.481 e. The molecule has 110 valence electrons. The molecular weight excluding hydrogens is 242 g/mol. The van der Waals surface area contributed by atoms with Gasteiger partial charge in [-0.3, -0.25) is 4.79 Å². The molecule has 4 nitrogen and oxygen atoms in total. The molecule has 0 aliphatic carbocycles. The summed E-state index contributed by atoms with van der Waals surface area (Å²) in [6.45, 7) is 5.73. The van der Waals surface area contributed by atoms with Gasteiger partial charge in [-0.1, -0.05) is 6.92 Å². The normalized spacial score (nSPS) is 32.6. The van der Waals surface area contributed by atoms with Crippen LogP contribution in [0.3, 0.4) is 0 Å². The maximum absolute atomic E-state index is 11.5. The minimum Gasteiger partial charge on any atom is -0.481 e. The van der Waals surface area contributed by atoms with Gasteiger partial charge in [0.25, 0.3) is 0 Å². The molecule has 1 N–H and O–H groups in total. The predicted octanol–water partition coefficient (Wildman–Crippen LogP) is 2.52. The highest BCUT2D eigenvalue weighted by Gasteiger charge is 2.40. The fraction of sp³-hybridized carbons (Fsp3) is 0.933. The van der Waals surface area contributed by atoms with Gasteiger partial charge in [-0.2, -0.15) is 0 Å². The Labute approximate surface area is 116 Å². The van der Waals surface area contributed by atoms with Crippen molar-refractivity contribution in [2.75, 3.05) is 26.2 Å². The van der Waals surface area contributed by atoms with Gasteiger partial charge >= 0.3 is 5.97 Å². The molecule has 0 amide bonds. The lowest BCUT2D eigenvalue weighted by molar-refractivity contribution is -0.152. The Bertz CT molecular complexity index is 302. The van der Waals surface area contributed by atoms with Crippen LogP contribution in [0.15, 0.2) is 0 Å². The van der Waals surface area contributed by atoms with Crippen LogP contribution in [0.1, 0.15) is 51.9 Å². The number of rotatable bonds is 6.